The number of hydrogen-bond donors (Lipinski definition) is 2. The molecule has 100 valence electrons. The van der Waals surface area contributed by atoms with Crippen LogP contribution in [0.5, 0.6) is 0 Å². The second-order valence-corrected chi connectivity index (χ2v) is 5.61. The van der Waals surface area contributed by atoms with E-state index in [0.29, 0.717) is 17.9 Å². The van der Waals surface area contributed by atoms with Crippen molar-refractivity contribution in [3.05, 3.63) is 29.8 Å². The van der Waals surface area contributed by atoms with Crippen molar-refractivity contribution in [1.82, 2.24) is 0 Å². The van der Waals surface area contributed by atoms with Crippen molar-refractivity contribution in [1.29, 1.82) is 0 Å². The minimum absolute atomic E-state index is 0.574. The highest BCUT2D eigenvalue weighted by atomic mass is 14.9. The minimum Gasteiger partial charge on any atom is -0.382 e. The molecule has 1 saturated carbocycles. The van der Waals surface area contributed by atoms with Crippen molar-refractivity contribution in [2.24, 2.45) is 11.7 Å². The van der Waals surface area contributed by atoms with Gasteiger partial charge in [-0.3, -0.25) is 0 Å². The van der Waals surface area contributed by atoms with E-state index in [4.69, 9.17) is 5.73 Å². The normalized spacial score (nSPS) is 25.1. The van der Waals surface area contributed by atoms with E-state index >= 15 is 0 Å². The van der Waals surface area contributed by atoms with Gasteiger partial charge >= 0.3 is 0 Å². The van der Waals surface area contributed by atoms with Crippen LogP contribution in [0.1, 0.15) is 51.0 Å². The molecule has 2 nitrogen and oxygen atoms in total. The van der Waals surface area contributed by atoms with E-state index in [2.05, 4.69) is 43.4 Å². The minimum atomic E-state index is 0.574. The van der Waals surface area contributed by atoms with Gasteiger partial charge in [0.2, 0.25) is 0 Å². The lowest BCUT2D eigenvalue weighted by atomic mass is 9.98. The summed E-state index contributed by atoms with van der Waals surface area (Å²) in [6.45, 7) is 5.33. The highest BCUT2D eigenvalue weighted by Crippen LogP contribution is 2.28. The molecular weight excluding hydrogens is 220 g/mol. The fraction of sp³-hybridized carbons (Fsp3) is 0.625. The zero-order valence-corrected chi connectivity index (χ0v) is 11.7. The second-order valence-electron chi connectivity index (χ2n) is 5.61. The molecule has 3 N–H and O–H groups in total. The lowest BCUT2D eigenvalue weighted by molar-refractivity contribution is 0.516. The Morgan fingerprint density at radius 2 is 2.00 bits per heavy atom. The summed E-state index contributed by atoms with van der Waals surface area (Å²) in [5, 5.41) is 3.65. The Hall–Kier alpha value is -1.02. The number of anilines is 1. The molecule has 2 rings (SSSR count). The molecule has 0 amide bonds. The molecular formula is C16H26N2. The molecule has 2 heteroatoms. The standard InChI is InChI=1S/C16H26N2/c1-3-12(2)13-7-9-15(10-8-13)18-16-6-4-5-14(16)11-17/h7-10,12,14,16,18H,3-6,11,17H2,1-2H3. The maximum atomic E-state index is 5.82. The molecule has 1 aliphatic rings. The van der Waals surface area contributed by atoms with E-state index in [1.54, 1.807) is 0 Å². The molecule has 1 fully saturated rings. The number of rotatable bonds is 5. The van der Waals surface area contributed by atoms with Gasteiger partial charge in [-0.05, 0) is 55.3 Å². The van der Waals surface area contributed by atoms with Gasteiger partial charge in [-0.15, -0.1) is 0 Å². The Morgan fingerprint density at radius 3 is 2.61 bits per heavy atom. The summed E-state index contributed by atoms with van der Waals surface area (Å²) >= 11 is 0. The van der Waals surface area contributed by atoms with Crippen molar-refractivity contribution < 1.29 is 0 Å². The first kappa shape index (κ1) is 13.4. The lowest BCUT2D eigenvalue weighted by Gasteiger charge is -2.21. The molecule has 1 aromatic carbocycles. The molecule has 0 heterocycles. The molecule has 0 aromatic heterocycles. The van der Waals surface area contributed by atoms with Gasteiger partial charge < -0.3 is 11.1 Å². The summed E-state index contributed by atoms with van der Waals surface area (Å²) in [7, 11) is 0. The van der Waals surface area contributed by atoms with Crippen molar-refractivity contribution in [2.45, 2.75) is 51.5 Å². The third-order valence-corrected chi connectivity index (χ3v) is 4.41. The Balaban J connectivity index is 1.97. The van der Waals surface area contributed by atoms with Gasteiger partial charge in [0.05, 0.1) is 0 Å². The van der Waals surface area contributed by atoms with E-state index in [-0.39, 0.29) is 0 Å². The molecule has 0 spiro atoms. The van der Waals surface area contributed by atoms with Crippen LogP contribution in [0.15, 0.2) is 24.3 Å². The van der Waals surface area contributed by atoms with Crippen molar-refractivity contribution in [3.63, 3.8) is 0 Å². The van der Waals surface area contributed by atoms with Crippen LogP contribution in [0, 0.1) is 5.92 Å². The van der Waals surface area contributed by atoms with Crippen LogP contribution in [-0.2, 0) is 0 Å². The molecule has 0 bridgehead atoms. The topological polar surface area (TPSA) is 38.0 Å². The SMILES string of the molecule is CCC(C)c1ccc(NC2CCCC2CN)cc1. The summed E-state index contributed by atoms with van der Waals surface area (Å²) in [6.07, 6.45) is 5.04. The fourth-order valence-electron chi connectivity index (χ4n) is 2.87. The summed E-state index contributed by atoms with van der Waals surface area (Å²) in [4.78, 5) is 0. The first-order chi connectivity index (χ1) is 8.74. The molecule has 1 aromatic rings. The van der Waals surface area contributed by atoms with E-state index in [1.807, 2.05) is 0 Å². The van der Waals surface area contributed by atoms with Gasteiger partial charge in [-0.25, -0.2) is 0 Å². The Labute approximate surface area is 111 Å². The summed E-state index contributed by atoms with van der Waals surface area (Å²) < 4.78 is 0. The molecule has 0 aliphatic heterocycles. The summed E-state index contributed by atoms with van der Waals surface area (Å²) in [6, 6.07) is 9.51. The largest absolute Gasteiger partial charge is 0.382 e. The Morgan fingerprint density at radius 1 is 1.28 bits per heavy atom. The average Bonchev–Trinajstić information content (AvgIpc) is 2.86. The number of benzene rings is 1. The monoisotopic (exact) mass is 246 g/mol. The number of nitrogens with two attached hydrogens (primary N) is 1. The third-order valence-electron chi connectivity index (χ3n) is 4.41. The average molecular weight is 246 g/mol. The second kappa shape index (κ2) is 6.24. The molecule has 3 atom stereocenters. The van der Waals surface area contributed by atoms with E-state index < -0.39 is 0 Å². The summed E-state index contributed by atoms with van der Waals surface area (Å²) in [5.74, 6) is 1.31. The molecule has 1 aliphatic carbocycles. The van der Waals surface area contributed by atoms with Crippen molar-refractivity contribution in [2.75, 3.05) is 11.9 Å². The quantitative estimate of drug-likeness (QED) is 0.830. The zero-order valence-electron chi connectivity index (χ0n) is 11.7. The van der Waals surface area contributed by atoms with Crippen LogP contribution in [0.25, 0.3) is 0 Å². The Kier molecular flexibility index (Phi) is 4.65. The molecule has 0 radical (unpaired) electrons. The van der Waals surface area contributed by atoms with E-state index in [0.717, 1.165) is 6.54 Å². The lowest BCUT2D eigenvalue weighted by Crippen LogP contribution is -2.29. The first-order valence-corrected chi connectivity index (χ1v) is 7.31. The number of hydrogen-bond acceptors (Lipinski definition) is 2. The van der Waals surface area contributed by atoms with Crippen molar-refractivity contribution >= 4 is 5.69 Å². The molecule has 0 saturated heterocycles. The third kappa shape index (κ3) is 3.05. The van der Waals surface area contributed by atoms with Gasteiger partial charge in [0.25, 0.3) is 0 Å². The first-order valence-electron chi connectivity index (χ1n) is 7.31. The number of nitrogens with one attached hydrogen (secondary N) is 1. The van der Waals surface area contributed by atoms with Crippen LogP contribution >= 0.6 is 0 Å². The highest BCUT2D eigenvalue weighted by Gasteiger charge is 2.25. The van der Waals surface area contributed by atoms with Crippen LogP contribution in [0.4, 0.5) is 5.69 Å². The maximum Gasteiger partial charge on any atom is 0.0342 e. The van der Waals surface area contributed by atoms with E-state index in [9.17, 15) is 0 Å². The van der Waals surface area contributed by atoms with Crippen LogP contribution in [-0.4, -0.2) is 12.6 Å². The predicted octanol–water partition coefficient (Wildman–Crippen LogP) is 3.74. The highest BCUT2D eigenvalue weighted by molar-refractivity contribution is 5.46. The predicted molar refractivity (Wildman–Crippen MR) is 79.0 cm³/mol. The smallest absolute Gasteiger partial charge is 0.0342 e. The maximum absolute atomic E-state index is 5.82. The van der Waals surface area contributed by atoms with Crippen LogP contribution in [0.3, 0.4) is 0 Å². The van der Waals surface area contributed by atoms with Gasteiger partial charge in [0.15, 0.2) is 0 Å². The Bertz CT molecular complexity index is 358. The van der Waals surface area contributed by atoms with Gasteiger partial charge in [-0.1, -0.05) is 32.4 Å². The fourth-order valence-corrected chi connectivity index (χ4v) is 2.87. The van der Waals surface area contributed by atoms with Gasteiger partial charge in [-0.2, -0.15) is 0 Å². The van der Waals surface area contributed by atoms with Crippen LogP contribution in [0.2, 0.25) is 0 Å². The van der Waals surface area contributed by atoms with Gasteiger partial charge in [0.1, 0.15) is 0 Å². The van der Waals surface area contributed by atoms with Gasteiger partial charge in [0, 0.05) is 11.7 Å². The summed E-state index contributed by atoms with van der Waals surface area (Å²) in [5.41, 5.74) is 8.50. The van der Waals surface area contributed by atoms with Crippen LogP contribution < -0.4 is 11.1 Å². The zero-order chi connectivity index (χ0) is 13.0. The van der Waals surface area contributed by atoms with E-state index in [1.165, 1.54) is 36.9 Å². The molecule has 18 heavy (non-hydrogen) atoms. The molecule has 3 unspecified atom stereocenters. The van der Waals surface area contributed by atoms with Crippen molar-refractivity contribution in [3.8, 4) is 0 Å².